The van der Waals surface area contributed by atoms with E-state index in [0.717, 1.165) is 11.1 Å². The monoisotopic (exact) mass is 268 g/mol. The summed E-state index contributed by atoms with van der Waals surface area (Å²) in [6.07, 6.45) is 1.41. The summed E-state index contributed by atoms with van der Waals surface area (Å²) in [5, 5.41) is 13.4. The lowest BCUT2D eigenvalue weighted by Gasteiger charge is -2.04. The minimum atomic E-state index is -0.278. The van der Waals surface area contributed by atoms with E-state index in [1.165, 1.54) is 6.21 Å². The van der Waals surface area contributed by atoms with Gasteiger partial charge in [-0.05, 0) is 49.2 Å². The van der Waals surface area contributed by atoms with Crippen molar-refractivity contribution in [2.24, 2.45) is 5.10 Å². The molecule has 0 saturated heterocycles. The molecular formula is C16H16N2O2. The van der Waals surface area contributed by atoms with Crippen molar-refractivity contribution in [1.29, 1.82) is 0 Å². The fourth-order valence-corrected chi connectivity index (χ4v) is 1.70. The second-order valence-electron chi connectivity index (χ2n) is 4.56. The predicted molar refractivity (Wildman–Crippen MR) is 79.1 cm³/mol. The third-order valence-electron chi connectivity index (χ3n) is 3.08. The van der Waals surface area contributed by atoms with Crippen molar-refractivity contribution >= 4 is 12.1 Å². The van der Waals surface area contributed by atoms with Crippen LogP contribution in [0.25, 0.3) is 0 Å². The van der Waals surface area contributed by atoms with Crippen molar-refractivity contribution in [1.82, 2.24) is 5.43 Å². The van der Waals surface area contributed by atoms with Crippen LogP contribution in [0, 0.1) is 13.8 Å². The SMILES string of the molecule is Cc1ccc(C(=O)N/N=C/c2ccccc2O)cc1C. The number of phenolic OH excluding ortho intramolecular Hbond substituents is 1. The lowest BCUT2D eigenvalue weighted by molar-refractivity contribution is 0.0955. The van der Waals surface area contributed by atoms with E-state index in [-0.39, 0.29) is 11.7 Å². The van der Waals surface area contributed by atoms with Crippen molar-refractivity contribution in [3.8, 4) is 5.75 Å². The molecule has 0 spiro atoms. The molecule has 2 rings (SSSR count). The van der Waals surface area contributed by atoms with Crippen LogP contribution in [0.2, 0.25) is 0 Å². The highest BCUT2D eigenvalue weighted by molar-refractivity contribution is 5.95. The Morgan fingerprint density at radius 1 is 1.15 bits per heavy atom. The van der Waals surface area contributed by atoms with Crippen molar-refractivity contribution in [3.63, 3.8) is 0 Å². The highest BCUT2D eigenvalue weighted by Crippen LogP contribution is 2.12. The first-order chi connectivity index (χ1) is 9.58. The fraction of sp³-hybridized carbons (Fsp3) is 0.125. The number of phenols is 1. The topological polar surface area (TPSA) is 61.7 Å². The summed E-state index contributed by atoms with van der Waals surface area (Å²) >= 11 is 0. The van der Waals surface area contributed by atoms with Crippen LogP contribution in [-0.4, -0.2) is 17.2 Å². The van der Waals surface area contributed by atoms with E-state index in [0.29, 0.717) is 11.1 Å². The Bertz CT molecular complexity index is 663. The number of nitrogens with zero attached hydrogens (tertiary/aromatic N) is 1. The Labute approximate surface area is 117 Å². The Kier molecular flexibility index (Phi) is 4.15. The molecule has 4 heteroatoms. The Morgan fingerprint density at radius 3 is 2.60 bits per heavy atom. The highest BCUT2D eigenvalue weighted by Gasteiger charge is 2.05. The molecule has 1 amide bonds. The molecule has 0 saturated carbocycles. The van der Waals surface area contributed by atoms with E-state index in [1.807, 2.05) is 26.0 Å². The molecule has 4 nitrogen and oxygen atoms in total. The molecule has 0 radical (unpaired) electrons. The Balaban J connectivity index is 2.05. The van der Waals surface area contributed by atoms with Crippen molar-refractivity contribution < 1.29 is 9.90 Å². The van der Waals surface area contributed by atoms with E-state index in [1.54, 1.807) is 30.3 Å². The molecule has 0 unspecified atom stereocenters. The number of para-hydroxylation sites is 1. The highest BCUT2D eigenvalue weighted by atomic mass is 16.3. The van der Waals surface area contributed by atoms with Gasteiger partial charge >= 0.3 is 0 Å². The van der Waals surface area contributed by atoms with Gasteiger partial charge in [-0.25, -0.2) is 5.43 Å². The van der Waals surface area contributed by atoms with Gasteiger partial charge in [-0.2, -0.15) is 5.10 Å². The number of hydrogen-bond acceptors (Lipinski definition) is 3. The molecule has 20 heavy (non-hydrogen) atoms. The van der Waals surface area contributed by atoms with Gasteiger partial charge in [0.05, 0.1) is 6.21 Å². The smallest absolute Gasteiger partial charge is 0.271 e. The fourth-order valence-electron chi connectivity index (χ4n) is 1.70. The molecule has 2 aromatic carbocycles. The number of nitrogens with one attached hydrogen (secondary N) is 1. The summed E-state index contributed by atoms with van der Waals surface area (Å²) in [7, 11) is 0. The normalized spacial score (nSPS) is 10.7. The summed E-state index contributed by atoms with van der Waals surface area (Å²) in [6.45, 7) is 3.95. The van der Waals surface area contributed by atoms with E-state index in [9.17, 15) is 9.90 Å². The number of hydrogen-bond donors (Lipinski definition) is 2. The average Bonchev–Trinajstić information content (AvgIpc) is 2.44. The first-order valence-electron chi connectivity index (χ1n) is 6.26. The molecule has 0 fully saturated rings. The first kappa shape index (κ1) is 13.8. The van der Waals surface area contributed by atoms with Gasteiger partial charge in [0, 0.05) is 11.1 Å². The summed E-state index contributed by atoms with van der Waals surface area (Å²) in [6, 6.07) is 12.3. The largest absolute Gasteiger partial charge is 0.507 e. The van der Waals surface area contributed by atoms with Crippen molar-refractivity contribution in [2.45, 2.75) is 13.8 Å². The van der Waals surface area contributed by atoms with Gasteiger partial charge in [0.1, 0.15) is 5.75 Å². The van der Waals surface area contributed by atoms with Crippen LogP contribution in [0.3, 0.4) is 0 Å². The summed E-state index contributed by atoms with van der Waals surface area (Å²) in [4.78, 5) is 11.9. The summed E-state index contributed by atoms with van der Waals surface area (Å²) < 4.78 is 0. The van der Waals surface area contributed by atoms with Gasteiger partial charge in [-0.15, -0.1) is 0 Å². The number of aromatic hydroxyl groups is 1. The second kappa shape index (κ2) is 6.02. The zero-order valence-electron chi connectivity index (χ0n) is 11.4. The zero-order chi connectivity index (χ0) is 14.5. The Hall–Kier alpha value is -2.62. The standard InChI is InChI=1S/C16H16N2O2/c1-11-7-8-13(9-12(11)2)16(20)18-17-10-14-5-3-4-6-15(14)19/h3-10,19H,1-2H3,(H,18,20)/b17-10+. The van der Waals surface area contributed by atoms with E-state index >= 15 is 0 Å². The second-order valence-corrected chi connectivity index (χ2v) is 4.56. The molecule has 0 bridgehead atoms. The number of carbonyl (C=O) groups excluding carboxylic acids is 1. The third kappa shape index (κ3) is 3.23. The third-order valence-corrected chi connectivity index (χ3v) is 3.08. The van der Waals surface area contributed by atoms with Gasteiger partial charge < -0.3 is 5.11 Å². The predicted octanol–water partition coefficient (Wildman–Crippen LogP) is 2.77. The molecule has 0 aliphatic rings. The maximum atomic E-state index is 11.9. The van der Waals surface area contributed by atoms with Gasteiger partial charge in [0.2, 0.25) is 0 Å². The van der Waals surface area contributed by atoms with Crippen LogP contribution in [0.1, 0.15) is 27.0 Å². The van der Waals surface area contributed by atoms with Crippen molar-refractivity contribution in [3.05, 3.63) is 64.7 Å². The van der Waals surface area contributed by atoms with Crippen LogP contribution in [-0.2, 0) is 0 Å². The molecule has 0 aliphatic carbocycles. The number of amides is 1. The number of aryl methyl sites for hydroxylation is 2. The quantitative estimate of drug-likeness (QED) is 0.664. The van der Waals surface area contributed by atoms with Crippen molar-refractivity contribution in [2.75, 3.05) is 0 Å². The summed E-state index contributed by atoms with van der Waals surface area (Å²) in [5.74, 6) is -0.156. The maximum absolute atomic E-state index is 11.9. The van der Waals surface area contributed by atoms with Crippen LogP contribution >= 0.6 is 0 Å². The molecule has 102 valence electrons. The van der Waals surface area contributed by atoms with Gasteiger partial charge in [-0.3, -0.25) is 4.79 Å². The first-order valence-corrected chi connectivity index (χ1v) is 6.26. The van der Waals surface area contributed by atoms with E-state index in [4.69, 9.17) is 0 Å². The summed E-state index contributed by atoms with van der Waals surface area (Å²) in [5.41, 5.74) is 5.74. The molecule has 2 N–H and O–H groups in total. The lowest BCUT2D eigenvalue weighted by atomic mass is 10.1. The molecule has 0 aromatic heterocycles. The number of carbonyl (C=O) groups is 1. The molecular weight excluding hydrogens is 252 g/mol. The number of benzene rings is 2. The van der Waals surface area contributed by atoms with Gasteiger partial charge in [-0.1, -0.05) is 18.2 Å². The van der Waals surface area contributed by atoms with Gasteiger partial charge in [0.15, 0.2) is 0 Å². The average molecular weight is 268 g/mol. The Morgan fingerprint density at radius 2 is 1.90 bits per heavy atom. The van der Waals surface area contributed by atoms with Gasteiger partial charge in [0.25, 0.3) is 5.91 Å². The van der Waals surface area contributed by atoms with Crippen LogP contribution in [0.5, 0.6) is 5.75 Å². The molecule has 2 aromatic rings. The molecule has 0 heterocycles. The van der Waals surface area contributed by atoms with Crippen LogP contribution in [0.4, 0.5) is 0 Å². The lowest BCUT2D eigenvalue weighted by Crippen LogP contribution is -2.17. The minimum Gasteiger partial charge on any atom is -0.507 e. The molecule has 0 aliphatic heterocycles. The van der Waals surface area contributed by atoms with E-state index < -0.39 is 0 Å². The molecule has 0 atom stereocenters. The number of hydrazone groups is 1. The minimum absolute atomic E-state index is 0.122. The maximum Gasteiger partial charge on any atom is 0.271 e. The number of rotatable bonds is 3. The van der Waals surface area contributed by atoms with Crippen LogP contribution in [0.15, 0.2) is 47.6 Å². The van der Waals surface area contributed by atoms with E-state index in [2.05, 4.69) is 10.5 Å². The van der Waals surface area contributed by atoms with Crippen LogP contribution < -0.4 is 5.43 Å². The zero-order valence-corrected chi connectivity index (χ0v) is 11.4.